The molecule has 0 unspecified atom stereocenters. The van der Waals surface area contributed by atoms with Gasteiger partial charge in [-0.2, -0.15) is 4.98 Å². The Hall–Kier alpha value is -2.04. The van der Waals surface area contributed by atoms with Gasteiger partial charge in [-0.15, -0.1) is 0 Å². The van der Waals surface area contributed by atoms with Gasteiger partial charge in [0.2, 0.25) is 0 Å². The summed E-state index contributed by atoms with van der Waals surface area (Å²) in [4.78, 5) is 17.0. The molecule has 0 saturated heterocycles. The maximum Gasteiger partial charge on any atom is 0.335 e. The molecule has 1 aromatic heterocycles. The second kappa shape index (κ2) is 4.45. The molecule has 0 aliphatic carbocycles. The van der Waals surface area contributed by atoms with Crippen molar-refractivity contribution in [3.63, 3.8) is 0 Å². The van der Waals surface area contributed by atoms with Crippen LogP contribution < -0.4 is 4.90 Å². The maximum absolute atomic E-state index is 10.8. The molecule has 5 heteroatoms. The predicted octanol–water partition coefficient (Wildman–Crippen LogP) is 2.37. The third-order valence-corrected chi connectivity index (χ3v) is 2.51. The third kappa shape index (κ3) is 2.22. The number of carbonyl (C=O) groups is 1. The zero-order chi connectivity index (χ0) is 12.4. The van der Waals surface area contributed by atoms with Crippen LogP contribution in [0.1, 0.15) is 23.7 Å². The van der Waals surface area contributed by atoms with E-state index in [0.717, 1.165) is 13.0 Å². The number of hydrogen-bond donors (Lipinski definition) is 1. The van der Waals surface area contributed by atoms with Gasteiger partial charge in [0.15, 0.2) is 5.58 Å². The van der Waals surface area contributed by atoms with Crippen molar-refractivity contribution in [2.24, 2.45) is 0 Å². The second-order valence-electron chi connectivity index (χ2n) is 3.91. The number of rotatable bonds is 4. The zero-order valence-electron chi connectivity index (χ0n) is 9.80. The summed E-state index contributed by atoms with van der Waals surface area (Å²) >= 11 is 0. The summed E-state index contributed by atoms with van der Waals surface area (Å²) in [7, 11) is 1.90. The fourth-order valence-electron chi connectivity index (χ4n) is 1.64. The highest BCUT2D eigenvalue weighted by Gasteiger charge is 2.11. The highest BCUT2D eigenvalue weighted by molar-refractivity contribution is 5.92. The van der Waals surface area contributed by atoms with E-state index in [1.807, 2.05) is 11.9 Å². The minimum absolute atomic E-state index is 0.207. The fraction of sp³-hybridized carbons (Fsp3) is 0.333. The van der Waals surface area contributed by atoms with Gasteiger partial charge in [0.25, 0.3) is 6.01 Å². The predicted molar refractivity (Wildman–Crippen MR) is 64.5 cm³/mol. The number of oxazole rings is 1. The summed E-state index contributed by atoms with van der Waals surface area (Å²) in [5.41, 5.74) is 1.38. The van der Waals surface area contributed by atoms with E-state index < -0.39 is 5.97 Å². The number of carboxylic acid groups (broad SMARTS) is 1. The first kappa shape index (κ1) is 11.4. The first-order valence-electron chi connectivity index (χ1n) is 5.47. The van der Waals surface area contributed by atoms with Crippen molar-refractivity contribution < 1.29 is 14.3 Å². The van der Waals surface area contributed by atoms with E-state index in [1.165, 1.54) is 12.1 Å². The summed E-state index contributed by atoms with van der Waals surface area (Å²) in [6, 6.07) is 5.19. The molecule has 1 N–H and O–H groups in total. The maximum atomic E-state index is 10.8. The van der Waals surface area contributed by atoms with Crippen LogP contribution in [0.25, 0.3) is 11.1 Å². The molecule has 0 radical (unpaired) electrons. The Balaban J connectivity index is 2.40. The van der Waals surface area contributed by atoms with Gasteiger partial charge in [0.05, 0.1) is 5.56 Å². The molecular weight excluding hydrogens is 220 g/mol. The van der Waals surface area contributed by atoms with E-state index in [9.17, 15) is 4.79 Å². The molecule has 1 aromatic carbocycles. The number of aromatic nitrogens is 1. The Labute approximate surface area is 98.7 Å². The van der Waals surface area contributed by atoms with Gasteiger partial charge in [0, 0.05) is 13.6 Å². The molecule has 5 nitrogen and oxygen atoms in total. The average molecular weight is 234 g/mol. The van der Waals surface area contributed by atoms with Crippen molar-refractivity contribution in [1.82, 2.24) is 4.98 Å². The number of carboxylic acids is 1. The highest BCUT2D eigenvalue weighted by Crippen LogP contribution is 2.22. The third-order valence-electron chi connectivity index (χ3n) is 2.51. The van der Waals surface area contributed by atoms with Gasteiger partial charge in [0.1, 0.15) is 5.52 Å². The molecule has 90 valence electrons. The van der Waals surface area contributed by atoms with Crippen molar-refractivity contribution in [2.45, 2.75) is 13.3 Å². The molecular formula is C12H14N2O3. The number of hydrogen-bond acceptors (Lipinski definition) is 4. The van der Waals surface area contributed by atoms with Crippen molar-refractivity contribution in [2.75, 3.05) is 18.5 Å². The molecule has 2 rings (SSSR count). The average Bonchev–Trinajstić information content (AvgIpc) is 2.71. The fourth-order valence-corrected chi connectivity index (χ4v) is 1.64. The minimum Gasteiger partial charge on any atom is -0.478 e. The monoisotopic (exact) mass is 234 g/mol. The van der Waals surface area contributed by atoms with Crippen LogP contribution in [0.3, 0.4) is 0 Å². The molecule has 0 atom stereocenters. The lowest BCUT2D eigenvalue weighted by Crippen LogP contribution is -2.17. The van der Waals surface area contributed by atoms with Crippen LogP contribution >= 0.6 is 0 Å². The normalized spacial score (nSPS) is 10.7. The van der Waals surface area contributed by atoms with Gasteiger partial charge in [-0.1, -0.05) is 6.92 Å². The van der Waals surface area contributed by atoms with Gasteiger partial charge < -0.3 is 14.4 Å². The molecule has 0 amide bonds. The van der Waals surface area contributed by atoms with Gasteiger partial charge in [-0.25, -0.2) is 4.79 Å². The Bertz CT molecular complexity index is 548. The number of benzene rings is 1. The van der Waals surface area contributed by atoms with Gasteiger partial charge in [-0.3, -0.25) is 0 Å². The largest absolute Gasteiger partial charge is 0.478 e. The van der Waals surface area contributed by atoms with Crippen LogP contribution in [0.2, 0.25) is 0 Å². The smallest absolute Gasteiger partial charge is 0.335 e. The Kier molecular flexibility index (Phi) is 2.99. The molecule has 2 aromatic rings. The van der Waals surface area contributed by atoms with Crippen molar-refractivity contribution >= 4 is 23.1 Å². The first-order chi connectivity index (χ1) is 8.11. The van der Waals surface area contributed by atoms with Crippen molar-refractivity contribution in [3.05, 3.63) is 23.8 Å². The summed E-state index contributed by atoms with van der Waals surface area (Å²) < 4.78 is 5.52. The van der Waals surface area contributed by atoms with Crippen LogP contribution in [-0.2, 0) is 0 Å². The zero-order valence-corrected chi connectivity index (χ0v) is 9.80. The lowest BCUT2D eigenvalue weighted by atomic mass is 10.2. The minimum atomic E-state index is -0.966. The van der Waals surface area contributed by atoms with Crippen LogP contribution in [-0.4, -0.2) is 29.7 Å². The summed E-state index contributed by atoms with van der Waals surface area (Å²) in [5, 5.41) is 8.87. The topological polar surface area (TPSA) is 66.6 Å². The number of fused-ring (bicyclic) bond motifs is 1. The highest BCUT2D eigenvalue weighted by atomic mass is 16.4. The number of aromatic carboxylic acids is 1. The SMILES string of the molecule is CCCN(C)c1nc2ccc(C(=O)O)cc2o1. The molecule has 1 heterocycles. The molecule has 0 saturated carbocycles. The van der Waals surface area contributed by atoms with Crippen LogP contribution in [0.15, 0.2) is 22.6 Å². The van der Waals surface area contributed by atoms with E-state index in [4.69, 9.17) is 9.52 Å². The molecule has 0 aliphatic heterocycles. The quantitative estimate of drug-likeness (QED) is 0.879. The second-order valence-corrected chi connectivity index (χ2v) is 3.91. The van der Waals surface area contributed by atoms with E-state index in [-0.39, 0.29) is 5.56 Å². The summed E-state index contributed by atoms with van der Waals surface area (Å²) in [6.07, 6.45) is 0.996. The molecule has 0 spiro atoms. The van der Waals surface area contributed by atoms with Crippen molar-refractivity contribution in [3.8, 4) is 0 Å². The number of nitrogens with zero attached hydrogens (tertiary/aromatic N) is 2. The standard InChI is InChI=1S/C12H14N2O3/c1-3-6-14(2)12-13-9-5-4-8(11(15)16)7-10(9)17-12/h4-5,7H,3,6H2,1-2H3,(H,15,16). The first-order valence-corrected chi connectivity index (χ1v) is 5.47. The molecule has 0 bridgehead atoms. The number of anilines is 1. The lowest BCUT2D eigenvalue weighted by molar-refractivity contribution is 0.0697. The van der Waals surface area contributed by atoms with Crippen LogP contribution in [0.5, 0.6) is 0 Å². The van der Waals surface area contributed by atoms with Gasteiger partial charge >= 0.3 is 5.97 Å². The molecule has 17 heavy (non-hydrogen) atoms. The Morgan fingerprint density at radius 1 is 1.53 bits per heavy atom. The molecule has 0 fully saturated rings. The summed E-state index contributed by atoms with van der Waals surface area (Å²) in [6.45, 7) is 2.92. The van der Waals surface area contributed by atoms with Crippen LogP contribution in [0.4, 0.5) is 6.01 Å². The van der Waals surface area contributed by atoms with Crippen molar-refractivity contribution in [1.29, 1.82) is 0 Å². The van der Waals surface area contributed by atoms with E-state index in [2.05, 4.69) is 11.9 Å². The van der Waals surface area contributed by atoms with E-state index in [1.54, 1.807) is 6.07 Å². The lowest BCUT2D eigenvalue weighted by Gasteiger charge is -2.11. The summed E-state index contributed by atoms with van der Waals surface area (Å²) in [5.74, 6) is -0.966. The Morgan fingerprint density at radius 2 is 2.29 bits per heavy atom. The van der Waals surface area contributed by atoms with Crippen LogP contribution in [0, 0.1) is 0 Å². The van der Waals surface area contributed by atoms with E-state index in [0.29, 0.717) is 17.1 Å². The van der Waals surface area contributed by atoms with Gasteiger partial charge in [-0.05, 0) is 24.6 Å². The van der Waals surface area contributed by atoms with E-state index >= 15 is 0 Å². The Morgan fingerprint density at radius 3 is 2.94 bits per heavy atom. The molecule has 0 aliphatic rings.